The van der Waals surface area contributed by atoms with Crippen LogP contribution in [0.15, 0.2) is 12.1 Å². The minimum Gasteiger partial charge on any atom is -0.492 e. The Labute approximate surface area is 84.2 Å². The number of benzene rings is 1. The molecular weight excluding hydrogens is 218 g/mol. The molecule has 0 atom stereocenters. The molecule has 0 aliphatic carbocycles. The lowest BCUT2D eigenvalue weighted by atomic mass is 10.2. The summed E-state index contributed by atoms with van der Waals surface area (Å²) in [7, 11) is 1.26. The summed E-state index contributed by atoms with van der Waals surface area (Å²) in [5.74, 6) is -1.01. The lowest BCUT2D eigenvalue weighted by molar-refractivity contribution is 0.107. The molecule has 0 aliphatic rings. The van der Waals surface area contributed by atoms with E-state index in [4.69, 9.17) is 23.2 Å². The Kier molecular flexibility index (Phi) is 3.12. The van der Waals surface area contributed by atoms with Crippen LogP contribution in [-0.2, 0) is 0 Å². The highest BCUT2D eigenvalue weighted by molar-refractivity contribution is 6.67. The number of hydrogen-bond acceptors (Lipinski definition) is 2. The van der Waals surface area contributed by atoms with Gasteiger partial charge in [-0.15, -0.1) is 0 Å². The molecule has 0 N–H and O–H groups in total. The van der Waals surface area contributed by atoms with Crippen molar-refractivity contribution in [2.24, 2.45) is 0 Å². The molecular formula is C8H5Cl2FO2. The van der Waals surface area contributed by atoms with Crippen molar-refractivity contribution >= 4 is 28.4 Å². The summed E-state index contributed by atoms with van der Waals surface area (Å²) in [5, 5.41) is -0.783. The van der Waals surface area contributed by atoms with E-state index in [-0.39, 0.29) is 16.3 Å². The van der Waals surface area contributed by atoms with Gasteiger partial charge in [0.1, 0.15) is 0 Å². The summed E-state index contributed by atoms with van der Waals surface area (Å²) in [6.45, 7) is 0. The largest absolute Gasteiger partial charge is 0.492 e. The van der Waals surface area contributed by atoms with E-state index < -0.39 is 11.1 Å². The third-order valence-electron chi connectivity index (χ3n) is 1.46. The summed E-state index contributed by atoms with van der Waals surface area (Å²) in [6.07, 6.45) is 0. The van der Waals surface area contributed by atoms with Crippen molar-refractivity contribution < 1.29 is 13.9 Å². The van der Waals surface area contributed by atoms with Gasteiger partial charge in [-0.3, -0.25) is 4.79 Å². The number of halogens is 3. The maximum Gasteiger partial charge on any atom is 0.255 e. The second kappa shape index (κ2) is 3.94. The zero-order chi connectivity index (χ0) is 10.0. The van der Waals surface area contributed by atoms with E-state index in [1.165, 1.54) is 19.2 Å². The van der Waals surface area contributed by atoms with Crippen molar-refractivity contribution in [3.05, 3.63) is 28.5 Å². The highest BCUT2D eigenvalue weighted by atomic mass is 35.5. The molecule has 1 aromatic carbocycles. The van der Waals surface area contributed by atoms with Crippen LogP contribution in [0.3, 0.4) is 0 Å². The lowest BCUT2D eigenvalue weighted by Gasteiger charge is -2.05. The predicted molar refractivity (Wildman–Crippen MR) is 48.1 cm³/mol. The van der Waals surface area contributed by atoms with Gasteiger partial charge in [-0.05, 0) is 23.7 Å². The molecule has 0 aromatic heterocycles. The summed E-state index contributed by atoms with van der Waals surface area (Å²) in [5.41, 5.74) is -0.247. The Balaban J connectivity index is 3.35. The Morgan fingerprint density at radius 3 is 2.62 bits per heavy atom. The number of hydrogen-bond donors (Lipinski definition) is 0. The van der Waals surface area contributed by atoms with Crippen LogP contribution in [0.1, 0.15) is 10.4 Å². The first-order valence-corrected chi connectivity index (χ1v) is 4.05. The van der Waals surface area contributed by atoms with E-state index in [9.17, 15) is 9.18 Å². The molecule has 13 heavy (non-hydrogen) atoms. The smallest absolute Gasteiger partial charge is 0.255 e. The molecule has 0 saturated heterocycles. The van der Waals surface area contributed by atoms with Crippen LogP contribution in [0.25, 0.3) is 0 Å². The molecule has 0 unspecified atom stereocenters. The van der Waals surface area contributed by atoms with Gasteiger partial charge in [-0.1, -0.05) is 11.6 Å². The van der Waals surface area contributed by atoms with Crippen LogP contribution >= 0.6 is 23.2 Å². The first-order valence-electron chi connectivity index (χ1n) is 3.29. The number of methoxy groups -OCH3 is 1. The molecule has 0 amide bonds. The molecule has 5 heteroatoms. The molecule has 0 aliphatic heterocycles. The Bertz CT molecular complexity index is 352. The van der Waals surface area contributed by atoms with E-state index in [0.29, 0.717) is 0 Å². The van der Waals surface area contributed by atoms with Crippen molar-refractivity contribution in [1.29, 1.82) is 0 Å². The molecule has 0 bridgehead atoms. The zero-order valence-electron chi connectivity index (χ0n) is 6.61. The standard InChI is InChI=1S/C8H5Cl2FO2/c1-13-7-5(9)3-2-4(6(7)11)8(10)12/h2-3H,1H3. The van der Waals surface area contributed by atoms with Gasteiger partial charge in [0.05, 0.1) is 17.7 Å². The lowest BCUT2D eigenvalue weighted by Crippen LogP contribution is -1.98. The molecule has 70 valence electrons. The number of rotatable bonds is 2. The van der Waals surface area contributed by atoms with Crippen LogP contribution < -0.4 is 4.74 Å². The third-order valence-corrected chi connectivity index (χ3v) is 1.97. The van der Waals surface area contributed by atoms with E-state index in [1.54, 1.807) is 0 Å². The number of carbonyl (C=O) groups is 1. The topological polar surface area (TPSA) is 26.3 Å². The van der Waals surface area contributed by atoms with Gasteiger partial charge in [0.2, 0.25) is 0 Å². The fourth-order valence-corrected chi connectivity index (χ4v) is 1.24. The first-order chi connectivity index (χ1) is 6.07. The maximum absolute atomic E-state index is 13.3. The Morgan fingerprint density at radius 2 is 2.15 bits per heavy atom. The van der Waals surface area contributed by atoms with Crippen LogP contribution in [0.2, 0.25) is 5.02 Å². The summed E-state index contributed by atoms with van der Waals surface area (Å²) in [6, 6.07) is 2.55. The van der Waals surface area contributed by atoms with Crippen LogP contribution in [0.5, 0.6) is 5.75 Å². The minimum atomic E-state index is -0.882. The first kappa shape index (κ1) is 10.3. The maximum atomic E-state index is 13.3. The van der Waals surface area contributed by atoms with E-state index in [2.05, 4.69) is 4.74 Å². The molecule has 0 saturated carbocycles. The SMILES string of the molecule is COc1c(Cl)ccc(C(=O)Cl)c1F. The van der Waals surface area contributed by atoms with Gasteiger partial charge >= 0.3 is 0 Å². The van der Waals surface area contributed by atoms with Gasteiger partial charge < -0.3 is 4.74 Å². The normalized spacial score (nSPS) is 9.85. The second-order valence-corrected chi connectivity index (χ2v) is 2.97. The molecule has 0 fully saturated rings. The Hall–Kier alpha value is -0.800. The van der Waals surface area contributed by atoms with Gasteiger partial charge in [-0.2, -0.15) is 0 Å². The van der Waals surface area contributed by atoms with Crippen LogP contribution in [0, 0.1) is 5.82 Å². The minimum absolute atomic E-state index is 0.0988. The van der Waals surface area contributed by atoms with Gasteiger partial charge in [0.25, 0.3) is 5.24 Å². The average molecular weight is 223 g/mol. The zero-order valence-corrected chi connectivity index (χ0v) is 8.12. The monoisotopic (exact) mass is 222 g/mol. The number of carbonyl (C=O) groups excluding carboxylic acids is 1. The highest BCUT2D eigenvalue weighted by Crippen LogP contribution is 2.30. The quantitative estimate of drug-likeness (QED) is 0.720. The fourth-order valence-electron chi connectivity index (χ4n) is 0.871. The van der Waals surface area contributed by atoms with Gasteiger partial charge in [0, 0.05) is 0 Å². The van der Waals surface area contributed by atoms with E-state index >= 15 is 0 Å². The van der Waals surface area contributed by atoms with E-state index in [0.717, 1.165) is 0 Å². The van der Waals surface area contributed by atoms with Crippen molar-refractivity contribution in [1.82, 2.24) is 0 Å². The highest BCUT2D eigenvalue weighted by Gasteiger charge is 2.16. The van der Waals surface area contributed by atoms with Crippen molar-refractivity contribution in [2.75, 3.05) is 7.11 Å². The summed E-state index contributed by atoms with van der Waals surface area (Å²) >= 11 is 10.7. The van der Waals surface area contributed by atoms with Crippen LogP contribution in [-0.4, -0.2) is 12.4 Å². The Morgan fingerprint density at radius 1 is 1.54 bits per heavy atom. The molecule has 0 spiro atoms. The van der Waals surface area contributed by atoms with Crippen molar-refractivity contribution in [3.8, 4) is 5.75 Å². The second-order valence-electron chi connectivity index (χ2n) is 2.22. The van der Waals surface area contributed by atoms with Gasteiger partial charge in [0.15, 0.2) is 11.6 Å². The van der Waals surface area contributed by atoms with E-state index in [1.807, 2.05) is 0 Å². The fraction of sp³-hybridized carbons (Fsp3) is 0.125. The summed E-state index contributed by atoms with van der Waals surface area (Å²) < 4.78 is 17.9. The van der Waals surface area contributed by atoms with Crippen molar-refractivity contribution in [2.45, 2.75) is 0 Å². The molecule has 0 heterocycles. The molecule has 0 radical (unpaired) electrons. The van der Waals surface area contributed by atoms with Gasteiger partial charge in [-0.25, -0.2) is 4.39 Å². The third kappa shape index (κ3) is 1.92. The van der Waals surface area contributed by atoms with Crippen molar-refractivity contribution in [3.63, 3.8) is 0 Å². The summed E-state index contributed by atoms with van der Waals surface area (Å²) in [4.78, 5) is 10.7. The number of ether oxygens (including phenoxy) is 1. The molecule has 1 aromatic rings. The van der Waals surface area contributed by atoms with Crippen LogP contribution in [0.4, 0.5) is 4.39 Å². The molecule has 2 nitrogen and oxygen atoms in total. The molecule has 1 rings (SSSR count). The average Bonchev–Trinajstić information content (AvgIpc) is 2.04. The predicted octanol–water partition coefficient (Wildman–Crippen LogP) is 2.87.